The van der Waals surface area contributed by atoms with Crippen LogP contribution in [-0.4, -0.2) is 11.7 Å². The number of hydrogen-bond donors (Lipinski definition) is 2. The zero-order valence-electron chi connectivity index (χ0n) is 10.6. The molecule has 2 rings (SSSR count). The molecule has 0 aliphatic rings. The van der Waals surface area contributed by atoms with E-state index in [1.807, 2.05) is 6.07 Å². The van der Waals surface area contributed by atoms with Crippen LogP contribution >= 0.6 is 0 Å². The maximum absolute atomic E-state index is 13.0. The lowest BCUT2D eigenvalue weighted by Crippen LogP contribution is -2.20. The van der Waals surface area contributed by atoms with Gasteiger partial charge in [-0.3, -0.25) is 0 Å². The summed E-state index contributed by atoms with van der Waals surface area (Å²) >= 11 is 0. The van der Waals surface area contributed by atoms with Crippen molar-refractivity contribution in [1.82, 2.24) is 0 Å². The van der Waals surface area contributed by atoms with Crippen molar-refractivity contribution in [3.05, 3.63) is 65.7 Å². The summed E-state index contributed by atoms with van der Waals surface area (Å²) < 4.78 is 38.9. The van der Waals surface area contributed by atoms with Gasteiger partial charge < -0.3 is 10.4 Å². The van der Waals surface area contributed by atoms with E-state index in [2.05, 4.69) is 5.32 Å². The Morgan fingerprint density at radius 1 is 0.950 bits per heavy atom. The smallest absolute Gasteiger partial charge is 0.394 e. The second-order valence-electron chi connectivity index (χ2n) is 4.33. The Balaban J connectivity index is 2.33. The molecular weight excluding hydrogens is 267 g/mol. The minimum absolute atomic E-state index is 0.0337. The maximum Gasteiger partial charge on any atom is 0.416 e. The number of alkyl halides is 3. The van der Waals surface area contributed by atoms with E-state index in [0.29, 0.717) is 5.69 Å². The number of halogens is 3. The first-order valence-electron chi connectivity index (χ1n) is 6.11. The molecule has 0 saturated heterocycles. The van der Waals surface area contributed by atoms with Gasteiger partial charge in [-0.25, -0.2) is 0 Å². The minimum Gasteiger partial charge on any atom is -0.394 e. The fourth-order valence-electron chi connectivity index (χ4n) is 2.02. The van der Waals surface area contributed by atoms with E-state index in [1.54, 1.807) is 24.3 Å². The predicted molar refractivity (Wildman–Crippen MR) is 71.3 cm³/mol. The summed E-state index contributed by atoms with van der Waals surface area (Å²) in [5, 5.41) is 12.3. The van der Waals surface area contributed by atoms with E-state index in [4.69, 9.17) is 0 Å². The molecule has 0 aromatic heterocycles. The van der Waals surface area contributed by atoms with Crippen molar-refractivity contribution < 1.29 is 18.3 Å². The van der Waals surface area contributed by atoms with Gasteiger partial charge in [-0.1, -0.05) is 36.4 Å². The number of rotatable bonds is 4. The fourth-order valence-corrected chi connectivity index (χ4v) is 2.02. The van der Waals surface area contributed by atoms with Crippen molar-refractivity contribution >= 4 is 5.69 Å². The Labute approximate surface area is 114 Å². The average Bonchev–Trinajstić information content (AvgIpc) is 2.45. The molecule has 2 aromatic rings. The van der Waals surface area contributed by atoms with E-state index < -0.39 is 24.4 Å². The summed E-state index contributed by atoms with van der Waals surface area (Å²) in [5.74, 6) is 0. The zero-order valence-corrected chi connectivity index (χ0v) is 10.6. The number of anilines is 1. The van der Waals surface area contributed by atoms with Crippen LogP contribution in [0.5, 0.6) is 0 Å². The Morgan fingerprint density at radius 3 is 2.15 bits per heavy atom. The van der Waals surface area contributed by atoms with Crippen LogP contribution in [0.1, 0.15) is 17.2 Å². The quantitative estimate of drug-likeness (QED) is 0.892. The molecule has 0 aliphatic carbocycles. The molecule has 106 valence electrons. The Morgan fingerprint density at radius 2 is 1.55 bits per heavy atom. The van der Waals surface area contributed by atoms with Gasteiger partial charge in [-0.15, -0.1) is 0 Å². The Bertz CT molecular complexity index is 555. The first-order chi connectivity index (χ1) is 9.52. The predicted octanol–water partition coefficient (Wildman–Crippen LogP) is 3.85. The number of benzene rings is 2. The molecule has 0 radical (unpaired) electrons. The number of aliphatic hydroxyl groups excluding tert-OH is 1. The molecule has 5 heteroatoms. The lowest BCUT2D eigenvalue weighted by Gasteiger charge is -2.22. The van der Waals surface area contributed by atoms with Crippen molar-refractivity contribution in [3.63, 3.8) is 0 Å². The molecule has 2 nitrogen and oxygen atoms in total. The third-order valence-electron chi connectivity index (χ3n) is 2.94. The molecule has 0 fully saturated rings. The second kappa shape index (κ2) is 5.96. The molecule has 0 amide bonds. The van der Waals surface area contributed by atoms with Crippen LogP contribution in [0.15, 0.2) is 54.6 Å². The molecule has 0 aliphatic heterocycles. The van der Waals surface area contributed by atoms with Gasteiger partial charge in [0.2, 0.25) is 0 Å². The minimum atomic E-state index is -4.44. The summed E-state index contributed by atoms with van der Waals surface area (Å²) in [6, 6.07) is 13.3. The summed E-state index contributed by atoms with van der Waals surface area (Å²) in [6.07, 6.45) is -4.44. The zero-order chi connectivity index (χ0) is 14.6. The van der Waals surface area contributed by atoms with Crippen molar-refractivity contribution in [2.75, 3.05) is 11.9 Å². The third kappa shape index (κ3) is 3.30. The summed E-state index contributed by atoms with van der Waals surface area (Å²) in [7, 11) is 0. The summed E-state index contributed by atoms with van der Waals surface area (Å²) in [5.41, 5.74) is -0.0441. The maximum atomic E-state index is 13.0. The van der Waals surface area contributed by atoms with Gasteiger partial charge in [0.15, 0.2) is 0 Å². The van der Waals surface area contributed by atoms with Crippen LogP contribution in [0, 0.1) is 0 Å². The van der Waals surface area contributed by atoms with E-state index in [0.717, 1.165) is 6.07 Å². The number of nitrogens with one attached hydrogen (secondary N) is 1. The topological polar surface area (TPSA) is 32.3 Å². The van der Waals surface area contributed by atoms with Gasteiger partial charge in [0.25, 0.3) is 0 Å². The van der Waals surface area contributed by atoms with Crippen LogP contribution in [0.25, 0.3) is 0 Å². The average molecular weight is 281 g/mol. The highest BCUT2D eigenvalue weighted by atomic mass is 19.4. The van der Waals surface area contributed by atoms with Crippen LogP contribution in [0.2, 0.25) is 0 Å². The van der Waals surface area contributed by atoms with E-state index in [9.17, 15) is 18.3 Å². The van der Waals surface area contributed by atoms with Crippen LogP contribution in [0.4, 0.5) is 18.9 Å². The van der Waals surface area contributed by atoms with Crippen molar-refractivity contribution in [2.45, 2.75) is 12.2 Å². The molecule has 2 N–H and O–H groups in total. The number of hydrogen-bond acceptors (Lipinski definition) is 2. The van der Waals surface area contributed by atoms with Crippen molar-refractivity contribution in [1.29, 1.82) is 0 Å². The van der Waals surface area contributed by atoms with Gasteiger partial charge in [0.1, 0.15) is 0 Å². The second-order valence-corrected chi connectivity index (χ2v) is 4.33. The van der Waals surface area contributed by atoms with E-state index >= 15 is 0 Å². The normalized spacial score (nSPS) is 13.0. The van der Waals surface area contributed by atoms with Crippen molar-refractivity contribution in [2.24, 2.45) is 0 Å². The SMILES string of the molecule is OCC(Nc1ccccc1)c1ccccc1C(F)(F)F. The molecular formula is C15H14F3NO. The Hall–Kier alpha value is -2.01. The third-order valence-corrected chi connectivity index (χ3v) is 2.94. The van der Waals surface area contributed by atoms with Gasteiger partial charge in [-0.2, -0.15) is 13.2 Å². The summed E-state index contributed by atoms with van der Waals surface area (Å²) in [4.78, 5) is 0. The molecule has 0 spiro atoms. The van der Waals surface area contributed by atoms with Gasteiger partial charge in [0.05, 0.1) is 18.2 Å². The monoisotopic (exact) mass is 281 g/mol. The first kappa shape index (κ1) is 14.4. The molecule has 0 bridgehead atoms. The fraction of sp³-hybridized carbons (Fsp3) is 0.200. The molecule has 0 saturated carbocycles. The Kier molecular flexibility index (Phi) is 4.29. The molecule has 20 heavy (non-hydrogen) atoms. The standard InChI is InChI=1S/C15H14F3NO/c16-15(17,18)13-9-5-4-8-12(13)14(10-20)19-11-6-2-1-3-7-11/h1-9,14,19-20H,10H2. The molecule has 1 atom stereocenters. The molecule has 0 heterocycles. The van der Waals surface area contributed by atoms with E-state index in [1.165, 1.54) is 18.2 Å². The highest BCUT2D eigenvalue weighted by molar-refractivity contribution is 5.46. The van der Waals surface area contributed by atoms with Gasteiger partial charge in [0, 0.05) is 5.69 Å². The largest absolute Gasteiger partial charge is 0.416 e. The van der Waals surface area contributed by atoms with Crippen LogP contribution in [-0.2, 0) is 6.18 Å². The number of aliphatic hydroxyl groups is 1. The van der Waals surface area contributed by atoms with Crippen LogP contribution < -0.4 is 5.32 Å². The lowest BCUT2D eigenvalue weighted by atomic mass is 10.00. The highest BCUT2D eigenvalue weighted by Crippen LogP contribution is 2.35. The van der Waals surface area contributed by atoms with Gasteiger partial charge in [-0.05, 0) is 23.8 Å². The highest BCUT2D eigenvalue weighted by Gasteiger charge is 2.34. The molecule has 2 aromatic carbocycles. The van der Waals surface area contributed by atoms with E-state index in [-0.39, 0.29) is 5.56 Å². The van der Waals surface area contributed by atoms with Crippen LogP contribution in [0.3, 0.4) is 0 Å². The first-order valence-corrected chi connectivity index (χ1v) is 6.11. The lowest BCUT2D eigenvalue weighted by molar-refractivity contribution is -0.138. The number of para-hydroxylation sites is 1. The summed E-state index contributed by atoms with van der Waals surface area (Å²) in [6.45, 7) is -0.429. The van der Waals surface area contributed by atoms with Crippen molar-refractivity contribution in [3.8, 4) is 0 Å². The van der Waals surface area contributed by atoms with Gasteiger partial charge >= 0.3 is 6.18 Å². The molecule has 1 unspecified atom stereocenters.